The lowest BCUT2D eigenvalue weighted by molar-refractivity contribution is -0.127. The van der Waals surface area contributed by atoms with Crippen molar-refractivity contribution in [2.75, 3.05) is 0 Å². The van der Waals surface area contributed by atoms with Crippen LogP contribution < -0.4 is 10.6 Å². The molecule has 0 radical (unpaired) electrons. The van der Waals surface area contributed by atoms with Crippen LogP contribution in [-0.4, -0.2) is 22.8 Å². The summed E-state index contributed by atoms with van der Waals surface area (Å²) >= 11 is 1.64. The zero-order valence-electron chi connectivity index (χ0n) is 13.0. The average Bonchev–Trinajstić information content (AvgIpc) is 3.04. The molecular weight excluding hydrogens is 298 g/mol. The standard InChI is InChI=1S/C16H23N3O2S/c1-11-10-22-15(17-11)16(8-4-2-3-5-9-16)19-14(21)12-6-7-13(20)18-12/h10,12H,2-9H2,1H3,(H,18,20)(H,19,21)/t12-/m0/s1. The number of hydrogen-bond donors (Lipinski definition) is 2. The van der Waals surface area contributed by atoms with Crippen LogP contribution in [-0.2, 0) is 15.1 Å². The molecule has 6 heteroatoms. The maximum Gasteiger partial charge on any atom is 0.243 e. The van der Waals surface area contributed by atoms with Crippen LogP contribution in [0.25, 0.3) is 0 Å². The van der Waals surface area contributed by atoms with Gasteiger partial charge in [0, 0.05) is 17.5 Å². The molecule has 2 aliphatic rings. The van der Waals surface area contributed by atoms with Crippen LogP contribution in [0, 0.1) is 6.92 Å². The van der Waals surface area contributed by atoms with Gasteiger partial charge in [-0.15, -0.1) is 11.3 Å². The summed E-state index contributed by atoms with van der Waals surface area (Å²) in [4.78, 5) is 28.6. The van der Waals surface area contributed by atoms with Gasteiger partial charge in [-0.05, 0) is 26.2 Å². The van der Waals surface area contributed by atoms with E-state index in [-0.39, 0.29) is 23.4 Å². The van der Waals surface area contributed by atoms with Crippen molar-refractivity contribution < 1.29 is 9.59 Å². The predicted molar refractivity (Wildman–Crippen MR) is 85.5 cm³/mol. The topological polar surface area (TPSA) is 71.1 Å². The molecule has 1 saturated heterocycles. The molecule has 0 bridgehead atoms. The van der Waals surface area contributed by atoms with Crippen LogP contribution in [0.1, 0.15) is 62.1 Å². The summed E-state index contributed by atoms with van der Waals surface area (Å²) in [5.74, 6) is -0.0826. The Balaban J connectivity index is 1.82. The number of hydrogen-bond acceptors (Lipinski definition) is 4. The minimum absolute atomic E-state index is 0.0276. The number of aromatic nitrogens is 1. The number of thiazole rings is 1. The Kier molecular flexibility index (Phi) is 4.47. The Morgan fingerprint density at radius 1 is 1.36 bits per heavy atom. The number of carbonyl (C=O) groups excluding carboxylic acids is 2. The number of amides is 2. The Morgan fingerprint density at radius 2 is 2.09 bits per heavy atom. The zero-order valence-corrected chi connectivity index (χ0v) is 13.8. The predicted octanol–water partition coefficient (Wildman–Crippen LogP) is 2.40. The highest BCUT2D eigenvalue weighted by molar-refractivity contribution is 7.09. The Morgan fingerprint density at radius 3 is 2.64 bits per heavy atom. The van der Waals surface area contributed by atoms with Gasteiger partial charge in [-0.1, -0.05) is 25.7 Å². The van der Waals surface area contributed by atoms with Crippen molar-refractivity contribution in [1.29, 1.82) is 0 Å². The first-order valence-electron chi connectivity index (χ1n) is 8.13. The van der Waals surface area contributed by atoms with Crippen LogP contribution in [0.2, 0.25) is 0 Å². The lowest BCUT2D eigenvalue weighted by atomic mass is 9.90. The van der Waals surface area contributed by atoms with Gasteiger partial charge < -0.3 is 10.6 Å². The maximum atomic E-state index is 12.6. The van der Waals surface area contributed by atoms with Gasteiger partial charge in [0.05, 0.1) is 5.54 Å². The third kappa shape index (κ3) is 3.16. The lowest BCUT2D eigenvalue weighted by Crippen LogP contribution is -2.51. The second kappa shape index (κ2) is 6.36. The average molecular weight is 321 g/mol. The Hall–Kier alpha value is -1.43. The minimum atomic E-state index is -0.381. The first kappa shape index (κ1) is 15.5. The molecule has 0 spiro atoms. The van der Waals surface area contributed by atoms with Crippen molar-refractivity contribution >= 4 is 23.2 Å². The molecule has 2 amide bonds. The van der Waals surface area contributed by atoms with Crippen molar-refractivity contribution in [3.8, 4) is 0 Å². The largest absolute Gasteiger partial charge is 0.344 e. The van der Waals surface area contributed by atoms with Gasteiger partial charge in [-0.25, -0.2) is 4.98 Å². The summed E-state index contributed by atoms with van der Waals surface area (Å²) in [6.45, 7) is 1.99. The van der Waals surface area contributed by atoms with Gasteiger partial charge in [0.25, 0.3) is 0 Å². The molecule has 1 atom stereocenters. The number of aryl methyl sites for hydroxylation is 1. The molecule has 0 unspecified atom stereocenters. The molecule has 0 aromatic carbocycles. The third-order valence-electron chi connectivity index (χ3n) is 4.66. The number of rotatable bonds is 3. The summed E-state index contributed by atoms with van der Waals surface area (Å²) in [5, 5.41) is 9.09. The first-order valence-corrected chi connectivity index (χ1v) is 9.01. The van der Waals surface area contributed by atoms with E-state index < -0.39 is 0 Å². The van der Waals surface area contributed by atoms with Gasteiger partial charge in [0.1, 0.15) is 11.0 Å². The van der Waals surface area contributed by atoms with Crippen LogP contribution in [0.4, 0.5) is 0 Å². The highest BCUT2D eigenvalue weighted by Gasteiger charge is 2.39. The van der Waals surface area contributed by atoms with Crippen LogP contribution in [0.3, 0.4) is 0 Å². The molecule has 2 fully saturated rings. The molecule has 3 rings (SSSR count). The molecule has 2 N–H and O–H groups in total. The van der Waals surface area contributed by atoms with Crippen molar-refractivity contribution in [3.63, 3.8) is 0 Å². The summed E-state index contributed by atoms with van der Waals surface area (Å²) < 4.78 is 0. The summed E-state index contributed by atoms with van der Waals surface area (Å²) in [6.07, 6.45) is 7.55. The Labute approximate surface area is 134 Å². The second-order valence-corrected chi connectivity index (χ2v) is 7.30. The van der Waals surface area contributed by atoms with Crippen molar-refractivity contribution in [2.24, 2.45) is 0 Å². The highest BCUT2D eigenvalue weighted by atomic mass is 32.1. The van der Waals surface area contributed by atoms with Crippen molar-refractivity contribution in [3.05, 3.63) is 16.1 Å². The van der Waals surface area contributed by atoms with E-state index in [4.69, 9.17) is 0 Å². The highest BCUT2D eigenvalue weighted by Crippen LogP contribution is 2.37. The van der Waals surface area contributed by atoms with E-state index in [9.17, 15) is 9.59 Å². The third-order valence-corrected chi connectivity index (χ3v) is 5.82. The number of nitrogens with zero attached hydrogens (tertiary/aromatic N) is 1. The number of nitrogens with one attached hydrogen (secondary N) is 2. The van der Waals surface area contributed by atoms with Crippen LogP contribution in [0.5, 0.6) is 0 Å². The van der Waals surface area contributed by atoms with Gasteiger partial charge in [-0.2, -0.15) is 0 Å². The summed E-state index contributed by atoms with van der Waals surface area (Å²) in [6, 6.07) is -0.381. The molecule has 1 aromatic rings. The Bertz CT molecular complexity index is 561. The van der Waals surface area contributed by atoms with Gasteiger partial charge >= 0.3 is 0 Å². The molecule has 2 heterocycles. The van der Waals surface area contributed by atoms with E-state index in [1.54, 1.807) is 11.3 Å². The molecular formula is C16H23N3O2S. The van der Waals surface area contributed by atoms with E-state index in [1.165, 1.54) is 12.8 Å². The smallest absolute Gasteiger partial charge is 0.243 e. The fourth-order valence-corrected chi connectivity index (χ4v) is 4.44. The second-order valence-electron chi connectivity index (χ2n) is 6.44. The van der Waals surface area contributed by atoms with E-state index in [2.05, 4.69) is 15.6 Å². The van der Waals surface area contributed by atoms with Crippen molar-refractivity contribution in [2.45, 2.75) is 69.9 Å². The number of carbonyl (C=O) groups is 2. The van der Waals surface area contributed by atoms with Crippen molar-refractivity contribution in [1.82, 2.24) is 15.6 Å². The fraction of sp³-hybridized carbons (Fsp3) is 0.688. The lowest BCUT2D eigenvalue weighted by Gasteiger charge is -2.33. The van der Waals surface area contributed by atoms with E-state index in [0.717, 1.165) is 36.4 Å². The van der Waals surface area contributed by atoms with E-state index in [0.29, 0.717) is 12.8 Å². The van der Waals surface area contributed by atoms with Crippen LogP contribution >= 0.6 is 11.3 Å². The molecule has 1 saturated carbocycles. The maximum absolute atomic E-state index is 12.6. The van der Waals surface area contributed by atoms with E-state index >= 15 is 0 Å². The summed E-state index contributed by atoms with van der Waals surface area (Å²) in [5.41, 5.74) is 0.659. The molecule has 5 nitrogen and oxygen atoms in total. The zero-order chi connectivity index (χ0) is 15.6. The monoisotopic (exact) mass is 321 g/mol. The quantitative estimate of drug-likeness (QED) is 0.840. The fourth-order valence-electron chi connectivity index (χ4n) is 3.43. The normalized spacial score (nSPS) is 24.6. The molecule has 1 aromatic heterocycles. The minimum Gasteiger partial charge on any atom is -0.344 e. The van der Waals surface area contributed by atoms with Gasteiger partial charge in [0.2, 0.25) is 11.8 Å². The SMILES string of the molecule is Cc1csc(C2(NC(=O)[C@@H]3CCC(=O)N3)CCCCCC2)n1. The summed E-state index contributed by atoms with van der Waals surface area (Å²) in [7, 11) is 0. The first-order chi connectivity index (χ1) is 10.6. The molecule has 22 heavy (non-hydrogen) atoms. The molecule has 120 valence electrons. The van der Waals surface area contributed by atoms with E-state index in [1.807, 2.05) is 12.3 Å². The van der Waals surface area contributed by atoms with Crippen LogP contribution in [0.15, 0.2) is 5.38 Å². The van der Waals surface area contributed by atoms with Gasteiger partial charge in [0.15, 0.2) is 0 Å². The van der Waals surface area contributed by atoms with Gasteiger partial charge in [-0.3, -0.25) is 9.59 Å². The molecule has 1 aliphatic heterocycles. The molecule has 1 aliphatic carbocycles.